The fourth-order valence-electron chi connectivity index (χ4n) is 3.73. The minimum atomic E-state index is -0.207. The van der Waals surface area contributed by atoms with E-state index in [9.17, 15) is 4.79 Å². The number of hydrogen-bond donors (Lipinski definition) is 2. The highest BCUT2D eigenvalue weighted by molar-refractivity contribution is 7.16. The molecule has 1 amide bonds. The van der Waals surface area contributed by atoms with Crippen LogP contribution in [-0.4, -0.2) is 18.0 Å². The van der Waals surface area contributed by atoms with Gasteiger partial charge in [0.05, 0.1) is 13.2 Å². The number of aryl methyl sites for hydroxylation is 2. The lowest BCUT2D eigenvalue weighted by molar-refractivity contribution is 0.102. The van der Waals surface area contributed by atoms with E-state index >= 15 is 0 Å². The molecule has 168 valence electrons. The first-order chi connectivity index (χ1) is 16.0. The van der Waals surface area contributed by atoms with Crippen LogP contribution in [0.5, 0.6) is 5.75 Å². The van der Waals surface area contributed by atoms with Gasteiger partial charge in [0.2, 0.25) is 0 Å². The second kappa shape index (κ2) is 9.88. The van der Waals surface area contributed by atoms with Gasteiger partial charge in [-0.25, -0.2) is 4.98 Å². The summed E-state index contributed by atoms with van der Waals surface area (Å²) >= 11 is 1.59. The molecule has 2 N–H and O–H groups in total. The zero-order valence-corrected chi connectivity index (χ0v) is 20.0. The maximum Gasteiger partial charge on any atom is 0.256 e. The summed E-state index contributed by atoms with van der Waals surface area (Å²) in [6.07, 6.45) is 1.80. The van der Waals surface area contributed by atoms with Crippen LogP contribution in [0.2, 0.25) is 0 Å². The molecule has 0 radical (unpaired) electrons. The molecule has 1 atom stereocenters. The Morgan fingerprint density at radius 1 is 1.00 bits per heavy atom. The van der Waals surface area contributed by atoms with Crippen LogP contribution < -0.4 is 15.4 Å². The van der Waals surface area contributed by atoms with E-state index in [0.717, 1.165) is 43.7 Å². The largest absolute Gasteiger partial charge is 0.497 e. The average Bonchev–Trinajstić information content (AvgIpc) is 3.11. The Balaban J connectivity index is 1.78. The molecule has 33 heavy (non-hydrogen) atoms. The first-order valence-corrected chi connectivity index (χ1v) is 11.6. The molecule has 2 heterocycles. The molecule has 0 saturated carbocycles. The number of methoxy groups -OCH3 is 1. The number of ether oxygens (including phenoxy) is 1. The van der Waals surface area contributed by atoms with Gasteiger partial charge in [0.25, 0.3) is 5.91 Å². The van der Waals surface area contributed by atoms with Gasteiger partial charge in [-0.15, -0.1) is 11.3 Å². The van der Waals surface area contributed by atoms with E-state index in [0.29, 0.717) is 5.56 Å². The first kappa shape index (κ1) is 22.6. The molecule has 0 aliphatic carbocycles. The Labute approximate surface area is 198 Å². The monoisotopic (exact) mass is 457 g/mol. The van der Waals surface area contributed by atoms with E-state index in [1.807, 2.05) is 73.7 Å². The van der Waals surface area contributed by atoms with E-state index < -0.39 is 0 Å². The van der Waals surface area contributed by atoms with Crippen LogP contribution in [0.1, 0.15) is 43.5 Å². The van der Waals surface area contributed by atoms with E-state index in [1.54, 1.807) is 24.6 Å². The normalized spacial score (nSPS) is 11.6. The number of nitrogens with one attached hydrogen (secondary N) is 2. The molecule has 4 rings (SSSR count). The summed E-state index contributed by atoms with van der Waals surface area (Å²) in [5.74, 6) is 1.45. The van der Waals surface area contributed by atoms with Gasteiger partial charge in [0, 0.05) is 22.2 Å². The number of anilines is 2. The summed E-state index contributed by atoms with van der Waals surface area (Å²) in [7, 11) is 1.66. The molecular weight excluding hydrogens is 430 g/mol. The van der Waals surface area contributed by atoms with Gasteiger partial charge in [-0.1, -0.05) is 30.3 Å². The van der Waals surface area contributed by atoms with Gasteiger partial charge in [0.15, 0.2) is 0 Å². The van der Waals surface area contributed by atoms with E-state index in [1.165, 1.54) is 0 Å². The molecule has 5 nitrogen and oxygen atoms in total. The Kier molecular flexibility index (Phi) is 6.75. The molecule has 2 aromatic heterocycles. The highest BCUT2D eigenvalue weighted by Gasteiger charge is 2.25. The fraction of sp³-hybridized carbons (Fsp3) is 0.185. The zero-order chi connectivity index (χ0) is 23.4. The molecule has 2 aromatic carbocycles. The van der Waals surface area contributed by atoms with Gasteiger partial charge in [-0.2, -0.15) is 0 Å². The van der Waals surface area contributed by atoms with Crippen LogP contribution in [0.25, 0.3) is 0 Å². The van der Waals surface area contributed by atoms with Crippen LogP contribution >= 0.6 is 11.3 Å². The summed E-state index contributed by atoms with van der Waals surface area (Å²) < 4.78 is 5.35. The van der Waals surface area contributed by atoms with Crippen molar-refractivity contribution in [1.82, 2.24) is 4.98 Å². The summed E-state index contributed by atoms with van der Waals surface area (Å²) in [6, 6.07) is 21.0. The minimum Gasteiger partial charge on any atom is -0.497 e. The number of pyridine rings is 1. The fourth-order valence-corrected chi connectivity index (χ4v) is 4.83. The lowest BCUT2D eigenvalue weighted by Gasteiger charge is -2.23. The average molecular weight is 458 g/mol. The van der Waals surface area contributed by atoms with E-state index in [2.05, 4.69) is 29.5 Å². The van der Waals surface area contributed by atoms with E-state index in [4.69, 9.17) is 4.74 Å². The number of carbonyl (C=O) groups is 1. The Bertz CT molecular complexity index is 1250. The smallest absolute Gasteiger partial charge is 0.256 e. The van der Waals surface area contributed by atoms with Crippen molar-refractivity contribution in [3.63, 3.8) is 0 Å². The number of hydrogen-bond acceptors (Lipinski definition) is 5. The zero-order valence-electron chi connectivity index (χ0n) is 19.2. The van der Waals surface area contributed by atoms with Crippen molar-refractivity contribution in [2.75, 3.05) is 17.7 Å². The molecule has 0 aliphatic rings. The molecule has 0 spiro atoms. The lowest BCUT2D eigenvalue weighted by atomic mass is 9.96. The van der Waals surface area contributed by atoms with E-state index in [-0.39, 0.29) is 11.9 Å². The lowest BCUT2D eigenvalue weighted by Crippen LogP contribution is -2.18. The van der Waals surface area contributed by atoms with Gasteiger partial charge < -0.3 is 15.4 Å². The highest BCUT2D eigenvalue weighted by atomic mass is 32.1. The number of nitrogens with zero attached hydrogens (tertiary/aromatic N) is 1. The van der Waals surface area contributed by atoms with Crippen LogP contribution in [0, 0.1) is 20.8 Å². The van der Waals surface area contributed by atoms with Crippen molar-refractivity contribution in [3.05, 3.63) is 106 Å². The number of benzene rings is 2. The summed E-state index contributed by atoms with van der Waals surface area (Å²) in [4.78, 5) is 18.7. The molecule has 0 saturated heterocycles. The van der Waals surface area contributed by atoms with Crippen LogP contribution in [0.4, 0.5) is 10.8 Å². The van der Waals surface area contributed by atoms with Gasteiger partial charge >= 0.3 is 0 Å². The van der Waals surface area contributed by atoms with Crippen LogP contribution in [-0.2, 0) is 0 Å². The van der Waals surface area contributed by atoms with Gasteiger partial charge in [-0.05, 0) is 73.9 Å². The Hall–Kier alpha value is -3.64. The molecule has 0 bridgehead atoms. The number of thiophene rings is 1. The summed E-state index contributed by atoms with van der Waals surface area (Å²) in [5, 5.41) is 7.59. The standard InChI is InChI=1S/C27H27N3O2S/c1-17-14-15-28-23(16-17)29-25(20-10-12-22(32-4)13-11-20)24-18(2)19(3)33-27(24)30-26(31)21-8-6-5-7-9-21/h5-16,25H,1-4H3,(H,28,29)(H,30,31). The maximum absolute atomic E-state index is 13.0. The number of rotatable bonds is 7. The van der Waals surface area contributed by atoms with Crippen molar-refractivity contribution < 1.29 is 9.53 Å². The molecule has 0 fully saturated rings. The van der Waals surface area contributed by atoms with Crippen LogP contribution in [0.15, 0.2) is 72.9 Å². The van der Waals surface area contributed by atoms with Crippen molar-refractivity contribution in [2.45, 2.75) is 26.8 Å². The third-order valence-corrected chi connectivity index (χ3v) is 6.78. The molecule has 4 aromatic rings. The predicted molar refractivity (Wildman–Crippen MR) is 136 cm³/mol. The van der Waals surface area contributed by atoms with Crippen molar-refractivity contribution in [1.29, 1.82) is 0 Å². The first-order valence-electron chi connectivity index (χ1n) is 10.8. The number of carbonyl (C=O) groups excluding carboxylic acids is 1. The van der Waals surface area contributed by atoms with Crippen molar-refractivity contribution in [2.24, 2.45) is 0 Å². The quantitative estimate of drug-likeness (QED) is 0.331. The topological polar surface area (TPSA) is 63.2 Å². The van der Waals surface area contributed by atoms with Crippen LogP contribution in [0.3, 0.4) is 0 Å². The molecule has 0 aliphatic heterocycles. The van der Waals surface area contributed by atoms with Crippen molar-refractivity contribution >= 4 is 28.1 Å². The summed E-state index contributed by atoms with van der Waals surface area (Å²) in [6.45, 7) is 6.22. The second-order valence-electron chi connectivity index (χ2n) is 7.92. The molecule has 1 unspecified atom stereocenters. The summed E-state index contributed by atoms with van der Waals surface area (Å²) in [5.41, 5.74) is 4.98. The molecular formula is C27H27N3O2S. The van der Waals surface area contributed by atoms with Crippen molar-refractivity contribution in [3.8, 4) is 5.75 Å². The Morgan fingerprint density at radius 3 is 2.39 bits per heavy atom. The third-order valence-electron chi connectivity index (χ3n) is 5.64. The second-order valence-corrected chi connectivity index (χ2v) is 9.14. The Morgan fingerprint density at radius 2 is 1.73 bits per heavy atom. The predicted octanol–water partition coefficient (Wildman–Crippen LogP) is 6.53. The number of aromatic nitrogens is 1. The van der Waals surface area contributed by atoms with Gasteiger partial charge in [0.1, 0.15) is 16.6 Å². The maximum atomic E-state index is 13.0. The third kappa shape index (κ3) is 5.07. The van der Waals surface area contributed by atoms with Gasteiger partial charge in [-0.3, -0.25) is 4.79 Å². The highest BCUT2D eigenvalue weighted by Crippen LogP contribution is 2.41. The SMILES string of the molecule is COc1ccc(C(Nc2cc(C)ccn2)c2c(NC(=O)c3ccccc3)sc(C)c2C)cc1. The molecule has 6 heteroatoms. The minimum absolute atomic E-state index is 0.125. The number of amides is 1.